The first kappa shape index (κ1) is 18.2. The number of rotatable bonds is 6. The highest BCUT2D eigenvalue weighted by Gasteiger charge is 2.23. The molecule has 0 fully saturated rings. The summed E-state index contributed by atoms with van der Waals surface area (Å²) in [7, 11) is 0. The van der Waals surface area contributed by atoms with Crippen molar-refractivity contribution in [3.8, 4) is 0 Å². The highest BCUT2D eigenvalue weighted by atomic mass is 35.5. The number of aliphatic hydroxyl groups excluding tert-OH is 1. The third-order valence-electron chi connectivity index (χ3n) is 3.47. The van der Waals surface area contributed by atoms with Gasteiger partial charge in [0.05, 0.1) is 12.1 Å². The maximum absolute atomic E-state index is 12.1. The second kappa shape index (κ2) is 7.62. The van der Waals surface area contributed by atoms with Crippen LogP contribution in [0.15, 0.2) is 23.6 Å². The number of benzene rings is 1. The van der Waals surface area contributed by atoms with Crippen LogP contribution >= 0.6 is 34.5 Å². The van der Waals surface area contributed by atoms with E-state index in [0.717, 1.165) is 11.3 Å². The van der Waals surface area contributed by atoms with E-state index in [1.807, 2.05) is 19.2 Å². The third kappa shape index (κ3) is 5.18. The van der Waals surface area contributed by atoms with E-state index < -0.39 is 0 Å². The number of carbonyl (C=O) groups is 1. The normalized spacial score (nSPS) is 11.5. The van der Waals surface area contributed by atoms with Crippen LogP contribution in [-0.2, 0) is 16.6 Å². The molecule has 0 bridgehead atoms. The van der Waals surface area contributed by atoms with Crippen molar-refractivity contribution in [3.63, 3.8) is 0 Å². The summed E-state index contributed by atoms with van der Waals surface area (Å²) in [4.78, 5) is 16.6. The van der Waals surface area contributed by atoms with Crippen molar-refractivity contribution in [1.82, 2.24) is 4.98 Å². The average Bonchev–Trinajstić information content (AvgIpc) is 2.86. The van der Waals surface area contributed by atoms with E-state index in [9.17, 15) is 4.79 Å². The number of nitrogens with one attached hydrogen (secondary N) is 1. The van der Waals surface area contributed by atoms with Crippen molar-refractivity contribution in [2.75, 3.05) is 11.9 Å². The van der Waals surface area contributed by atoms with E-state index in [1.54, 1.807) is 18.2 Å². The van der Waals surface area contributed by atoms with Crippen LogP contribution in [0.1, 0.15) is 31.5 Å². The Kier molecular flexibility index (Phi) is 6.03. The summed E-state index contributed by atoms with van der Waals surface area (Å²) in [5.74, 6) is -0.177. The van der Waals surface area contributed by atoms with Crippen molar-refractivity contribution in [2.45, 2.75) is 32.1 Å². The van der Waals surface area contributed by atoms with Crippen molar-refractivity contribution < 1.29 is 9.90 Å². The summed E-state index contributed by atoms with van der Waals surface area (Å²) in [6.07, 6.45) is 0.792. The molecule has 0 aliphatic heterocycles. The van der Waals surface area contributed by atoms with Gasteiger partial charge in [-0.25, -0.2) is 4.98 Å². The maximum Gasteiger partial charge on any atom is 0.230 e. The van der Waals surface area contributed by atoms with Gasteiger partial charge in [-0.05, 0) is 30.2 Å². The fourth-order valence-electron chi connectivity index (χ4n) is 2.11. The van der Waals surface area contributed by atoms with Gasteiger partial charge in [0.2, 0.25) is 5.91 Å². The van der Waals surface area contributed by atoms with Gasteiger partial charge in [0.25, 0.3) is 0 Å². The highest BCUT2D eigenvalue weighted by Crippen LogP contribution is 2.29. The van der Waals surface area contributed by atoms with Gasteiger partial charge >= 0.3 is 0 Å². The predicted octanol–water partition coefficient (Wildman–Crippen LogP) is 4.29. The average molecular weight is 373 g/mol. The molecule has 0 atom stereocenters. The quantitative estimate of drug-likeness (QED) is 0.794. The number of amides is 1. The monoisotopic (exact) mass is 372 g/mol. The van der Waals surface area contributed by atoms with Crippen LogP contribution in [0.3, 0.4) is 0 Å². The van der Waals surface area contributed by atoms with Crippen LogP contribution in [0, 0.1) is 0 Å². The molecule has 2 N–H and O–H groups in total. The van der Waals surface area contributed by atoms with Gasteiger partial charge in [0.15, 0.2) is 5.13 Å². The Hall–Kier alpha value is -1.14. The number of thiazole rings is 1. The minimum absolute atomic E-state index is 0.0990. The smallest absolute Gasteiger partial charge is 0.230 e. The molecule has 1 amide bonds. The third-order valence-corrected chi connectivity index (χ3v) is 4.66. The Morgan fingerprint density at radius 1 is 1.30 bits per heavy atom. The highest BCUT2D eigenvalue weighted by molar-refractivity contribution is 7.13. The van der Waals surface area contributed by atoms with Crippen molar-refractivity contribution in [1.29, 1.82) is 0 Å². The van der Waals surface area contributed by atoms with Crippen LogP contribution < -0.4 is 5.32 Å². The summed E-state index contributed by atoms with van der Waals surface area (Å²) in [5, 5.41) is 15.3. The van der Waals surface area contributed by atoms with E-state index >= 15 is 0 Å². The molecule has 23 heavy (non-hydrogen) atoms. The number of hydrogen-bond donors (Lipinski definition) is 2. The number of nitrogens with zero attached hydrogens (tertiary/aromatic N) is 1. The molecule has 124 valence electrons. The first-order chi connectivity index (χ1) is 10.8. The Morgan fingerprint density at radius 2 is 1.96 bits per heavy atom. The maximum atomic E-state index is 12.1. The van der Waals surface area contributed by atoms with Crippen molar-refractivity contribution in [3.05, 3.63) is 44.9 Å². The fourth-order valence-corrected chi connectivity index (χ4v) is 3.60. The zero-order chi connectivity index (χ0) is 17.0. The van der Waals surface area contributed by atoms with Crippen LogP contribution in [0.25, 0.3) is 0 Å². The number of carbonyl (C=O) groups excluding carboxylic acids is 1. The minimum Gasteiger partial charge on any atom is -0.396 e. The topological polar surface area (TPSA) is 62.2 Å². The van der Waals surface area contributed by atoms with Crippen LogP contribution in [0.4, 0.5) is 5.13 Å². The molecule has 2 rings (SSSR count). The standard InChI is InChI=1S/C16H18Cl2N2O2S/c1-16(2,3-4-21)13-9-23-15(19-13)20-14(22)7-10-5-11(17)8-12(18)6-10/h5-6,8-9,21H,3-4,7H2,1-2H3,(H,19,20,22). The molecule has 0 saturated heterocycles. The SMILES string of the molecule is CC(C)(CCO)c1csc(NC(=O)Cc2cc(Cl)cc(Cl)c2)n1. The summed E-state index contributed by atoms with van der Waals surface area (Å²) in [6, 6.07) is 5.05. The van der Waals surface area contributed by atoms with E-state index in [-0.39, 0.29) is 24.3 Å². The molecule has 0 aliphatic rings. The lowest BCUT2D eigenvalue weighted by atomic mass is 9.87. The zero-order valence-electron chi connectivity index (χ0n) is 12.9. The largest absolute Gasteiger partial charge is 0.396 e. The minimum atomic E-state index is -0.227. The van der Waals surface area contributed by atoms with E-state index in [0.29, 0.717) is 21.6 Å². The molecule has 2 aromatic rings. The van der Waals surface area contributed by atoms with Crippen LogP contribution in [-0.4, -0.2) is 22.6 Å². The Bertz CT molecular complexity index is 681. The van der Waals surface area contributed by atoms with E-state index in [1.165, 1.54) is 11.3 Å². The molecule has 0 saturated carbocycles. The molecular formula is C16H18Cl2N2O2S. The molecular weight excluding hydrogens is 355 g/mol. The molecule has 0 aliphatic carbocycles. The van der Waals surface area contributed by atoms with Gasteiger partial charge in [-0.2, -0.15) is 0 Å². The lowest BCUT2D eigenvalue weighted by Crippen LogP contribution is -2.20. The van der Waals surface area contributed by atoms with Crippen LogP contribution in [0.5, 0.6) is 0 Å². The van der Waals surface area contributed by atoms with Crippen LogP contribution in [0.2, 0.25) is 10.0 Å². The number of hydrogen-bond acceptors (Lipinski definition) is 4. The van der Waals surface area contributed by atoms with E-state index in [2.05, 4.69) is 10.3 Å². The number of halogens is 2. The molecule has 0 spiro atoms. The second-order valence-corrected chi connectivity index (χ2v) is 7.63. The molecule has 0 unspecified atom stereocenters. The lowest BCUT2D eigenvalue weighted by Gasteiger charge is -2.20. The van der Waals surface area contributed by atoms with Gasteiger partial charge in [0, 0.05) is 27.4 Å². The molecule has 1 heterocycles. The zero-order valence-corrected chi connectivity index (χ0v) is 15.2. The first-order valence-electron chi connectivity index (χ1n) is 7.12. The molecule has 1 aromatic carbocycles. The Labute approximate surface area is 149 Å². The number of anilines is 1. The van der Waals surface area contributed by atoms with Gasteiger partial charge in [0.1, 0.15) is 0 Å². The van der Waals surface area contributed by atoms with Gasteiger partial charge in [-0.15, -0.1) is 11.3 Å². The predicted molar refractivity (Wildman–Crippen MR) is 95.6 cm³/mol. The fraction of sp³-hybridized carbons (Fsp3) is 0.375. The number of aliphatic hydroxyl groups is 1. The molecule has 4 nitrogen and oxygen atoms in total. The van der Waals surface area contributed by atoms with Gasteiger partial charge in [-0.3, -0.25) is 4.79 Å². The molecule has 7 heteroatoms. The van der Waals surface area contributed by atoms with Gasteiger partial charge < -0.3 is 10.4 Å². The van der Waals surface area contributed by atoms with Crippen molar-refractivity contribution in [2.24, 2.45) is 0 Å². The Balaban J connectivity index is 2.02. The van der Waals surface area contributed by atoms with Gasteiger partial charge in [-0.1, -0.05) is 37.0 Å². The summed E-state index contributed by atoms with van der Waals surface area (Å²) < 4.78 is 0. The van der Waals surface area contributed by atoms with Crippen molar-refractivity contribution >= 4 is 45.6 Å². The molecule has 1 aromatic heterocycles. The van der Waals surface area contributed by atoms with E-state index in [4.69, 9.17) is 28.3 Å². The summed E-state index contributed by atoms with van der Waals surface area (Å²) >= 11 is 13.2. The Morgan fingerprint density at radius 3 is 2.57 bits per heavy atom. The molecule has 0 radical (unpaired) electrons. The lowest BCUT2D eigenvalue weighted by molar-refractivity contribution is -0.115. The number of aromatic nitrogens is 1. The second-order valence-electron chi connectivity index (χ2n) is 5.90. The first-order valence-corrected chi connectivity index (χ1v) is 8.75. The summed E-state index contributed by atoms with van der Waals surface area (Å²) in [6.45, 7) is 4.12. The summed E-state index contributed by atoms with van der Waals surface area (Å²) in [5.41, 5.74) is 1.38.